The average Bonchev–Trinajstić information content (AvgIpc) is 3.58. The van der Waals surface area contributed by atoms with Crippen LogP contribution in [0.4, 0.5) is 16.6 Å². The van der Waals surface area contributed by atoms with Gasteiger partial charge in [-0.1, -0.05) is 11.2 Å². The molecule has 300 valence electrons. The predicted molar refractivity (Wildman–Crippen MR) is 200 cm³/mol. The van der Waals surface area contributed by atoms with Gasteiger partial charge in [-0.15, -0.1) is 23.1 Å². The van der Waals surface area contributed by atoms with E-state index in [1.54, 1.807) is 6.08 Å². The predicted octanol–water partition coefficient (Wildman–Crippen LogP) is -0.477. The summed E-state index contributed by atoms with van der Waals surface area (Å²) >= 11 is 2.26. The highest BCUT2D eigenvalue weighted by Gasteiger charge is 2.54. The normalized spacial score (nSPS) is 16.8. The molecule has 22 nitrogen and oxygen atoms in total. The number of thioether (sulfide) groups is 1. The monoisotopic (exact) mass is 827 g/mol. The molecule has 1 saturated heterocycles. The Morgan fingerprint density at radius 1 is 1.19 bits per heavy atom. The number of anilines is 3. The number of amides is 3. The van der Waals surface area contributed by atoms with E-state index in [-0.39, 0.29) is 70.2 Å². The molecule has 0 aliphatic carbocycles. The smallest absolute Gasteiger partial charge is 0.352 e. The number of allylic oxidation sites excluding steroid dienone is 2. The fourth-order valence-electron chi connectivity index (χ4n) is 5.30. The molecule has 3 aromatic rings. The van der Waals surface area contributed by atoms with Crippen molar-refractivity contribution in [2.45, 2.75) is 44.2 Å². The van der Waals surface area contributed by atoms with Gasteiger partial charge < -0.3 is 47.5 Å². The summed E-state index contributed by atoms with van der Waals surface area (Å²) < 4.78 is 1.80. The van der Waals surface area contributed by atoms with Gasteiger partial charge in [0.1, 0.15) is 29.8 Å². The van der Waals surface area contributed by atoms with Gasteiger partial charge in [0.2, 0.25) is 22.8 Å². The zero-order valence-electron chi connectivity index (χ0n) is 29.9. The maximum Gasteiger partial charge on any atom is 0.352 e. The number of ketones is 1. The maximum absolute atomic E-state index is 13.4. The number of carbonyl (C=O) groups excluding carboxylic acids is 4. The topological polar surface area (TPSA) is 336 Å². The SMILES string of the molecule is CC(C)(O/N=C(\C(=O)C[C@@H]1C(=O)N2C(C(=O)O)=C(/C=C/C[n+]3cnc(N)c(NC(=O)CCNC(=O)c4cc(=O)c(O)cn4O)c3)CSC12)c1csc(N)n1)C(=O)O. The molecule has 2 aliphatic rings. The van der Waals surface area contributed by atoms with Crippen LogP contribution in [0.3, 0.4) is 0 Å². The summed E-state index contributed by atoms with van der Waals surface area (Å²) in [5.74, 6) is -6.99. The van der Waals surface area contributed by atoms with Gasteiger partial charge in [0, 0.05) is 36.6 Å². The second-order valence-electron chi connectivity index (χ2n) is 12.8. The van der Waals surface area contributed by atoms with E-state index in [9.17, 15) is 54.1 Å². The summed E-state index contributed by atoms with van der Waals surface area (Å²) in [4.78, 5) is 102. The summed E-state index contributed by atoms with van der Waals surface area (Å²) in [6, 6.07) is 0.726. The lowest BCUT2D eigenvalue weighted by Crippen LogP contribution is -2.62. The first-order chi connectivity index (χ1) is 26.9. The third-order valence-corrected chi connectivity index (χ3v) is 10.4. The van der Waals surface area contributed by atoms with Crippen molar-refractivity contribution in [2.75, 3.05) is 29.1 Å². The van der Waals surface area contributed by atoms with E-state index in [1.807, 2.05) is 0 Å². The van der Waals surface area contributed by atoms with E-state index >= 15 is 0 Å². The number of hydrogen-bond acceptors (Lipinski definition) is 17. The van der Waals surface area contributed by atoms with Gasteiger partial charge in [0.15, 0.2) is 28.1 Å². The molecule has 3 amide bonds. The Bertz CT molecular complexity index is 2320. The van der Waals surface area contributed by atoms with Crippen LogP contribution in [0.25, 0.3) is 0 Å². The molecule has 1 fully saturated rings. The fourth-order valence-corrected chi connectivity index (χ4v) is 7.23. The largest absolute Gasteiger partial charge is 0.503 e. The third-order valence-electron chi connectivity index (χ3n) is 8.33. The van der Waals surface area contributed by atoms with E-state index in [1.165, 1.54) is 54.2 Å². The number of nitrogen functional groups attached to an aromatic ring is 2. The van der Waals surface area contributed by atoms with Gasteiger partial charge in [-0.25, -0.2) is 19.1 Å². The van der Waals surface area contributed by atoms with E-state index in [2.05, 4.69) is 25.8 Å². The maximum atomic E-state index is 13.4. The number of pyridine rings is 1. The zero-order chi connectivity index (χ0) is 41.8. The first-order valence-corrected chi connectivity index (χ1v) is 18.5. The first kappa shape index (κ1) is 41.3. The highest BCUT2D eigenvalue weighted by atomic mass is 32.2. The molecule has 0 spiro atoms. The van der Waals surface area contributed by atoms with Crippen molar-refractivity contribution in [3.8, 4) is 5.75 Å². The summed E-state index contributed by atoms with van der Waals surface area (Å²) in [6.45, 7) is 2.39. The lowest BCUT2D eigenvalue weighted by atomic mass is 9.89. The van der Waals surface area contributed by atoms with Gasteiger partial charge in [0.05, 0.1) is 17.5 Å². The average molecular weight is 828 g/mol. The molecule has 57 heavy (non-hydrogen) atoms. The van der Waals surface area contributed by atoms with Crippen LogP contribution in [-0.2, 0) is 35.4 Å². The fraction of sp³-hybridized carbons (Fsp3) is 0.303. The number of thiazole rings is 1. The van der Waals surface area contributed by atoms with Crippen molar-refractivity contribution < 1.29 is 58.7 Å². The van der Waals surface area contributed by atoms with Crippen molar-refractivity contribution in [3.05, 3.63) is 75.2 Å². The first-order valence-electron chi connectivity index (χ1n) is 16.6. The van der Waals surface area contributed by atoms with E-state index in [4.69, 9.17) is 16.3 Å². The van der Waals surface area contributed by atoms with Crippen LogP contribution in [0.5, 0.6) is 5.75 Å². The number of rotatable bonds is 16. The minimum absolute atomic E-state index is 0.0262. The van der Waals surface area contributed by atoms with Gasteiger partial charge in [-0.2, -0.15) is 4.73 Å². The van der Waals surface area contributed by atoms with Gasteiger partial charge in [0.25, 0.3) is 18.1 Å². The number of carbonyl (C=O) groups is 6. The van der Waals surface area contributed by atoms with Gasteiger partial charge in [-0.05, 0) is 30.5 Å². The van der Waals surface area contributed by atoms with E-state index < -0.39 is 69.2 Å². The number of aliphatic carboxylic acids is 2. The number of hydrogen-bond donors (Lipinski definition) is 8. The van der Waals surface area contributed by atoms with Gasteiger partial charge >= 0.3 is 11.9 Å². The Hall–Kier alpha value is -6.82. The molecule has 2 aliphatic heterocycles. The number of Topliss-reactive ketones (excluding diaryl/α,β-unsaturated/α-hetero) is 1. The Labute approximate surface area is 329 Å². The minimum Gasteiger partial charge on any atom is -0.503 e. The molecule has 0 saturated carbocycles. The zero-order valence-corrected chi connectivity index (χ0v) is 31.6. The van der Waals surface area contributed by atoms with Crippen LogP contribution in [0.2, 0.25) is 0 Å². The molecule has 2 atom stereocenters. The Kier molecular flexibility index (Phi) is 12.3. The van der Waals surface area contributed by atoms with Crippen molar-refractivity contribution in [1.29, 1.82) is 0 Å². The van der Waals surface area contributed by atoms with Crippen molar-refractivity contribution in [3.63, 3.8) is 0 Å². The molecular weight excluding hydrogens is 793 g/mol. The molecule has 0 bridgehead atoms. The van der Waals surface area contributed by atoms with Crippen LogP contribution in [0.15, 0.2) is 63.5 Å². The Balaban J connectivity index is 1.20. The number of aromatic hydroxyl groups is 1. The second-order valence-corrected chi connectivity index (χ2v) is 14.8. The number of nitrogens with one attached hydrogen (secondary N) is 2. The van der Waals surface area contributed by atoms with Crippen molar-refractivity contribution >= 4 is 80.9 Å². The summed E-state index contributed by atoms with van der Waals surface area (Å²) in [5.41, 5.74) is 8.39. The van der Waals surface area contributed by atoms with Crippen LogP contribution < -0.4 is 32.1 Å². The summed E-state index contributed by atoms with van der Waals surface area (Å²) in [7, 11) is 0. The molecular formula is C33H35N10O12S2+. The molecule has 0 radical (unpaired) electrons. The number of nitrogens with zero attached hydrogens (tertiary/aromatic N) is 6. The quantitative estimate of drug-likeness (QED) is 0.0297. The molecule has 10 N–H and O–H groups in total. The number of oxime groups is 1. The highest BCUT2D eigenvalue weighted by molar-refractivity contribution is 8.00. The van der Waals surface area contributed by atoms with E-state index in [0.717, 1.165) is 22.3 Å². The molecule has 5 heterocycles. The standard InChI is InChI=1S/C33H34N10O12S2/c1-33(2,31(52)53)55-40-24(18-13-57-32(35)39-18)21(45)8-16-28(49)43-25(30(50)51)15(12-56-29(16)43)4-3-7-41-10-17(26(34)37-14-41)38-23(47)5-6-36-27(48)19-9-20(44)22(46)11-42(19)54/h3-4,9-11,13-14,16,29,34,54H,5-8,12H2,1-2H3,(H7,35,36,38,39,46,47,48,50,51,52,53)/p+1/b4-3+,40-24-/t16-,29?/m1/s1. The minimum atomic E-state index is -1.79. The van der Waals surface area contributed by atoms with Crippen LogP contribution in [-0.4, -0.2) is 105 Å². The van der Waals surface area contributed by atoms with Crippen LogP contribution in [0, 0.1) is 5.92 Å². The Morgan fingerprint density at radius 2 is 1.93 bits per heavy atom. The lowest BCUT2D eigenvalue weighted by Gasteiger charge is -2.49. The third kappa shape index (κ3) is 9.35. The van der Waals surface area contributed by atoms with E-state index in [0.29, 0.717) is 11.8 Å². The second kappa shape index (κ2) is 16.9. The Morgan fingerprint density at radius 3 is 2.60 bits per heavy atom. The number of fused-ring (bicyclic) bond motifs is 1. The lowest BCUT2D eigenvalue weighted by molar-refractivity contribution is -0.689. The van der Waals surface area contributed by atoms with Crippen LogP contribution >= 0.6 is 23.1 Å². The number of carboxylic acids is 2. The summed E-state index contributed by atoms with van der Waals surface area (Å²) in [6.07, 6.45) is 6.00. The number of carboxylic acid groups (broad SMARTS) is 2. The molecule has 24 heteroatoms. The molecule has 0 aromatic carbocycles. The van der Waals surface area contributed by atoms with Crippen molar-refractivity contribution in [2.24, 2.45) is 11.1 Å². The molecule has 5 rings (SSSR count). The number of β-lactam (4-membered cyclic amide) rings is 1. The van der Waals surface area contributed by atoms with Crippen molar-refractivity contribution in [1.82, 2.24) is 24.9 Å². The van der Waals surface area contributed by atoms with Gasteiger partial charge in [-0.3, -0.25) is 28.9 Å². The summed E-state index contributed by atoms with van der Waals surface area (Å²) in [5, 5.41) is 48.1. The number of aromatic nitrogens is 4. The molecule has 1 unspecified atom stereocenters. The number of nitrogens with two attached hydrogens (primary N) is 2. The van der Waals surface area contributed by atoms with Crippen LogP contribution in [0.1, 0.15) is 42.9 Å². The molecule has 3 aromatic heterocycles. The highest BCUT2D eigenvalue weighted by Crippen LogP contribution is 2.45.